The monoisotopic (exact) mass is 489 g/mol. The van der Waals surface area contributed by atoms with Gasteiger partial charge in [-0.2, -0.15) is 10.2 Å². The smallest absolute Gasteiger partial charge is 0.246 e. The topological polar surface area (TPSA) is 71.6 Å². The summed E-state index contributed by atoms with van der Waals surface area (Å²) in [5.41, 5.74) is 8.61. The number of rotatable bonds is 5. The second kappa shape index (κ2) is 9.39. The lowest BCUT2D eigenvalue weighted by Gasteiger charge is -2.35. The number of pyridine rings is 2. The Morgan fingerprint density at radius 3 is 2.24 bits per heavy atom. The number of fused-ring (bicyclic) bond motifs is 1. The lowest BCUT2D eigenvalue weighted by Crippen LogP contribution is -2.48. The molecule has 0 bridgehead atoms. The maximum Gasteiger partial charge on any atom is 0.246 e. The van der Waals surface area contributed by atoms with Crippen LogP contribution in [0.2, 0.25) is 0 Å². The molecule has 0 atom stereocenters. The summed E-state index contributed by atoms with van der Waals surface area (Å²) in [4.78, 5) is 20.3. The van der Waals surface area contributed by atoms with Gasteiger partial charge in [-0.25, -0.2) is 4.52 Å². The van der Waals surface area contributed by atoms with E-state index in [1.807, 2.05) is 51.9 Å². The summed E-state index contributed by atoms with van der Waals surface area (Å²) < 4.78 is 3.76. The lowest BCUT2D eigenvalue weighted by molar-refractivity contribution is -0.126. The van der Waals surface area contributed by atoms with Gasteiger partial charge in [-0.1, -0.05) is 18.7 Å². The van der Waals surface area contributed by atoms with Crippen molar-refractivity contribution >= 4 is 17.1 Å². The molecule has 8 nitrogen and oxygen atoms in total. The zero-order chi connectivity index (χ0) is 25.4. The Hall–Kier alpha value is -4.72. The van der Waals surface area contributed by atoms with Gasteiger partial charge in [0.05, 0.1) is 17.9 Å². The SMILES string of the molecule is C=CC(=O)N1CCN(c2ccc(-c3cc(-c4cnn(C)c4)cn4ncc(-c5ccncc5)c34)cc2)CC1. The highest BCUT2D eigenvalue weighted by molar-refractivity contribution is 5.94. The lowest BCUT2D eigenvalue weighted by atomic mass is 9.97. The highest BCUT2D eigenvalue weighted by Gasteiger charge is 2.20. The van der Waals surface area contributed by atoms with E-state index >= 15 is 0 Å². The van der Waals surface area contributed by atoms with Gasteiger partial charge in [-0.3, -0.25) is 14.5 Å². The molecule has 0 unspecified atom stereocenters. The quantitative estimate of drug-likeness (QED) is 0.344. The van der Waals surface area contributed by atoms with Crippen LogP contribution in [0.5, 0.6) is 0 Å². The van der Waals surface area contributed by atoms with Crippen molar-refractivity contribution in [3.8, 4) is 33.4 Å². The highest BCUT2D eigenvalue weighted by Crippen LogP contribution is 2.36. The summed E-state index contributed by atoms with van der Waals surface area (Å²) in [6.07, 6.45) is 12.9. The van der Waals surface area contributed by atoms with E-state index in [-0.39, 0.29) is 5.91 Å². The minimum absolute atomic E-state index is 0.00155. The Bertz CT molecular complexity index is 1580. The van der Waals surface area contributed by atoms with Crippen LogP contribution in [0.25, 0.3) is 38.9 Å². The number of amides is 1. The number of hydrogen-bond acceptors (Lipinski definition) is 5. The molecular weight excluding hydrogens is 462 g/mol. The van der Waals surface area contributed by atoms with Crippen LogP contribution < -0.4 is 4.90 Å². The van der Waals surface area contributed by atoms with E-state index in [0.717, 1.165) is 57.7 Å². The second-order valence-electron chi connectivity index (χ2n) is 9.20. The third-order valence-corrected chi connectivity index (χ3v) is 6.95. The van der Waals surface area contributed by atoms with Crippen LogP contribution >= 0.6 is 0 Å². The fourth-order valence-corrected chi connectivity index (χ4v) is 4.98. The van der Waals surface area contributed by atoms with Crippen molar-refractivity contribution < 1.29 is 4.79 Å². The molecule has 0 radical (unpaired) electrons. The first-order valence-corrected chi connectivity index (χ1v) is 12.3. The van der Waals surface area contributed by atoms with Crippen LogP contribution in [-0.2, 0) is 11.8 Å². The molecule has 0 saturated carbocycles. The molecule has 6 rings (SSSR count). The van der Waals surface area contributed by atoms with E-state index in [4.69, 9.17) is 5.10 Å². The van der Waals surface area contributed by atoms with E-state index in [9.17, 15) is 4.79 Å². The number of aromatic nitrogens is 5. The molecule has 0 N–H and O–H groups in total. The van der Waals surface area contributed by atoms with Crippen molar-refractivity contribution in [2.75, 3.05) is 31.1 Å². The van der Waals surface area contributed by atoms with E-state index in [2.05, 4.69) is 58.1 Å². The number of carbonyl (C=O) groups excluding carboxylic acids is 1. The number of piperazine rings is 1. The molecule has 1 fully saturated rings. The molecule has 1 aromatic carbocycles. The summed E-state index contributed by atoms with van der Waals surface area (Å²) in [6.45, 7) is 6.60. The van der Waals surface area contributed by atoms with Gasteiger partial charge < -0.3 is 9.80 Å². The normalized spacial score (nSPS) is 13.8. The van der Waals surface area contributed by atoms with Gasteiger partial charge in [0.15, 0.2) is 0 Å². The molecule has 4 aromatic heterocycles. The van der Waals surface area contributed by atoms with E-state index in [1.54, 1.807) is 12.4 Å². The molecule has 1 aliphatic rings. The Labute approximate surface area is 215 Å². The maximum absolute atomic E-state index is 11.9. The molecule has 5 aromatic rings. The molecule has 5 heterocycles. The third-order valence-electron chi connectivity index (χ3n) is 6.95. The van der Waals surface area contributed by atoms with Gasteiger partial charge in [0, 0.05) is 86.0 Å². The summed E-state index contributed by atoms with van der Waals surface area (Å²) >= 11 is 0. The van der Waals surface area contributed by atoms with Gasteiger partial charge in [-0.15, -0.1) is 0 Å². The average Bonchev–Trinajstić information content (AvgIpc) is 3.59. The maximum atomic E-state index is 11.9. The first-order chi connectivity index (χ1) is 18.1. The van der Waals surface area contributed by atoms with Gasteiger partial charge in [0.2, 0.25) is 5.91 Å². The highest BCUT2D eigenvalue weighted by atomic mass is 16.2. The van der Waals surface area contributed by atoms with Crippen molar-refractivity contribution in [1.29, 1.82) is 0 Å². The summed E-state index contributed by atoms with van der Waals surface area (Å²) in [5.74, 6) is -0.00155. The first-order valence-electron chi connectivity index (χ1n) is 12.3. The molecule has 0 spiro atoms. The largest absolute Gasteiger partial charge is 0.368 e. The molecule has 0 aliphatic carbocycles. The van der Waals surface area contributed by atoms with Crippen molar-refractivity contribution in [1.82, 2.24) is 29.3 Å². The van der Waals surface area contributed by atoms with E-state index in [0.29, 0.717) is 13.1 Å². The van der Waals surface area contributed by atoms with Crippen LogP contribution in [0.3, 0.4) is 0 Å². The molecule has 1 aliphatic heterocycles. The molecule has 1 amide bonds. The molecular formula is C29H27N7O. The summed E-state index contributed by atoms with van der Waals surface area (Å²) in [5, 5.41) is 9.07. The molecule has 37 heavy (non-hydrogen) atoms. The van der Waals surface area contributed by atoms with Crippen LogP contribution in [0.15, 0.2) is 92.3 Å². The fourth-order valence-electron chi connectivity index (χ4n) is 4.98. The van der Waals surface area contributed by atoms with Crippen LogP contribution in [0, 0.1) is 0 Å². The number of nitrogens with zero attached hydrogens (tertiary/aromatic N) is 7. The second-order valence-corrected chi connectivity index (χ2v) is 9.20. The minimum atomic E-state index is -0.00155. The minimum Gasteiger partial charge on any atom is -0.368 e. The average molecular weight is 490 g/mol. The number of hydrogen-bond donors (Lipinski definition) is 0. The summed E-state index contributed by atoms with van der Waals surface area (Å²) in [7, 11) is 1.92. The first kappa shape index (κ1) is 22.7. The molecule has 184 valence electrons. The number of benzene rings is 1. The number of carbonyl (C=O) groups is 1. The van der Waals surface area contributed by atoms with E-state index in [1.165, 1.54) is 6.08 Å². The van der Waals surface area contributed by atoms with Crippen molar-refractivity contribution in [2.24, 2.45) is 7.05 Å². The zero-order valence-electron chi connectivity index (χ0n) is 20.7. The Morgan fingerprint density at radius 1 is 0.838 bits per heavy atom. The Balaban J connectivity index is 1.40. The Kier molecular flexibility index (Phi) is 5.76. The van der Waals surface area contributed by atoms with Crippen molar-refractivity contribution in [2.45, 2.75) is 0 Å². The van der Waals surface area contributed by atoms with Crippen molar-refractivity contribution in [3.05, 3.63) is 92.3 Å². The van der Waals surface area contributed by atoms with E-state index < -0.39 is 0 Å². The number of anilines is 1. The standard InChI is InChI=1S/C29H27N7O/c1-3-28(37)35-14-12-34(13-15-35)25-6-4-21(5-7-25)26-16-23(24-17-31-33(2)19-24)20-36-29(26)27(18-32-36)22-8-10-30-11-9-22/h3-11,16-20H,1,12-15H2,2H3. The predicted molar refractivity (Wildman–Crippen MR) is 145 cm³/mol. The fraction of sp³-hybridized carbons (Fsp3) is 0.172. The third kappa shape index (κ3) is 4.27. The summed E-state index contributed by atoms with van der Waals surface area (Å²) in [6, 6.07) is 14.9. The molecule has 8 heteroatoms. The van der Waals surface area contributed by atoms with Crippen LogP contribution in [0.1, 0.15) is 0 Å². The van der Waals surface area contributed by atoms with Gasteiger partial charge in [0.25, 0.3) is 0 Å². The van der Waals surface area contributed by atoms with Crippen LogP contribution in [0.4, 0.5) is 5.69 Å². The number of aryl methyl sites for hydroxylation is 1. The molecule has 1 saturated heterocycles. The van der Waals surface area contributed by atoms with Crippen LogP contribution in [-0.4, -0.2) is 61.4 Å². The van der Waals surface area contributed by atoms with Gasteiger partial charge in [-0.05, 0) is 47.5 Å². The zero-order valence-corrected chi connectivity index (χ0v) is 20.7. The van der Waals surface area contributed by atoms with Gasteiger partial charge >= 0.3 is 0 Å². The predicted octanol–water partition coefficient (Wildman–Crippen LogP) is 4.30. The van der Waals surface area contributed by atoms with Crippen molar-refractivity contribution in [3.63, 3.8) is 0 Å². The van der Waals surface area contributed by atoms with Gasteiger partial charge in [0.1, 0.15) is 0 Å². The Morgan fingerprint density at radius 2 is 1.57 bits per heavy atom.